The zero-order chi connectivity index (χ0) is 14.5. The van der Waals surface area contributed by atoms with Crippen molar-refractivity contribution in [3.63, 3.8) is 0 Å². The smallest absolute Gasteiger partial charge is 0.222 e. The van der Waals surface area contributed by atoms with Gasteiger partial charge >= 0.3 is 0 Å². The first kappa shape index (κ1) is 16.4. The van der Waals surface area contributed by atoms with Crippen LogP contribution in [0.1, 0.15) is 46.5 Å². The van der Waals surface area contributed by atoms with Gasteiger partial charge in [-0.05, 0) is 44.6 Å². The second-order valence-electron chi connectivity index (χ2n) is 6.51. The first-order chi connectivity index (χ1) is 8.90. The molecule has 0 radical (unpaired) electrons. The van der Waals surface area contributed by atoms with E-state index in [1.165, 1.54) is 0 Å². The molecule has 0 aromatic heterocycles. The van der Waals surface area contributed by atoms with E-state index >= 15 is 0 Å². The first-order valence-electron chi connectivity index (χ1n) is 7.43. The maximum Gasteiger partial charge on any atom is 0.222 e. The molecule has 4 nitrogen and oxygen atoms in total. The summed E-state index contributed by atoms with van der Waals surface area (Å²) in [7, 11) is 1.73. The van der Waals surface area contributed by atoms with Crippen molar-refractivity contribution in [3.05, 3.63) is 0 Å². The lowest BCUT2D eigenvalue weighted by Gasteiger charge is -2.40. The Morgan fingerprint density at radius 2 is 2.16 bits per heavy atom. The van der Waals surface area contributed by atoms with Crippen LogP contribution < -0.4 is 5.73 Å². The minimum atomic E-state index is -0.176. The molecule has 0 aromatic rings. The Bertz CT molecular complexity index is 294. The second-order valence-corrected chi connectivity index (χ2v) is 6.51. The maximum atomic E-state index is 12.4. The van der Waals surface area contributed by atoms with Crippen molar-refractivity contribution in [2.45, 2.75) is 52.1 Å². The summed E-state index contributed by atoms with van der Waals surface area (Å²) in [5, 5.41) is 0. The number of rotatable bonds is 6. The van der Waals surface area contributed by atoms with Crippen LogP contribution in [-0.2, 0) is 9.53 Å². The van der Waals surface area contributed by atoms with Crippen LogP contribution >= 0.6 is 0 Å². The summed E-state index contributed by atoms with van der Waals surface area (Å²) < 4.78 is 5.54. The first-order valence-corrected chi connectivity index (χ1v) is 7.43. The monoisotopic (exact) mass is 270 g/mol. The Morgan fingerprint density at radius 1 is 1.47 bits per heavy atom. The van der Waals surface area contributed by atoms with Gasteiger partial charge in [0.2, 0.25) is 5.91 Å². The van der Waals surface area contributed by atoms with Crippen LogP contribution in [-0.4, -0.2) is 43.2 Å². The van der Waals surface area contributed by atoms with Gasteiger partial charge in [0.25, 0.3) is 0 Å². The molecule has 0 bridgehead atoms. The minimum absolute atomic E-state index is 0.176. The molecule has 112 valence electrons. The highest BCUT2D eigenvalue weighted by molar-refractivity contribution is 5.76. The van der Waals surface area contributed by atoms with Gasteiger partial charge in [-0.2, -0.15) is 0 Å². The fourth-order valence-electron chi connectivity index (χ4n) is 2.89. The highest BCUT2D eigenvalue weighted by atomic mass is 16.5. The number of hydrogen-bond donors (Lipinski definition) is 1. The van der Waals surface area contributed by atoms with Gasteiger partial charge in [0, 0.05) is 26.6 Å². The lowest BCUT2D eigenvalue weighted by atomic mass is 9.91. The summed E-state index contributed by atoms with van der Waals surface area (Å²) in [4.78, 5) is 14.3. The predicted octanol–water partition coefficient (Wildman–Crippen LogP) is 2.02. The van der Waals surface area contributed by atoms with Gasteiger partial charge in [-0.3, -0.25) is 4.79 Å². The molecular formula is C15H30N2O2. The van der Waals surface area contributed by atoms with Crippen LogP contribution in [0.4, 0.5) is 0 Å². The van der Waals surface area contributed by atoms with E-state index in [4.69, 9.17) is 10.5 Å². The van der Waals surface area contributed by atoms with Crippen LogP contribution in [0.25, 0.3) is 0 Å². The van der Waals surface area contributed by atoms with E-state index in [1.54, 1.807) is 7.11 Å². The van der Waals surface area contributed by atoms with Gasteiger partial charge in [0.15, 0.2) is 0 Å². The van der Waals surface area contributed by atoms with Crippen molar-refractivity contribution in [2.24, 2.45) is 17.6 Å². The topological polar surface area (TPSA) is 55.6 Å². The number of nitrogens with zero attached hydrogens (tertiary/aromatic N) is 1. The van der Waals surface area contributed by atoms with E-state index in [-0.39, 0.29) is 11.5 Å². The summed E-state index contributed by atoms with van der Waals surface area (Å²) in [6.45, 7) is 8.60. The molecule has 0 spiro atoms. The number of nitrogens with two attached hydrogens (primary N) is 1. The molecule has 1 saturated heterocycles. The average Bonchev–Trinajstić information content (AvgIpc) is 2.37. The van der Waals surface area contributed by atoms with Crippen molar-refractivity contribution in [3.8, 4) is 0 Å². The molecule has 1 aliphatic heterocycles. The van der Waals surface area contributed by atoms with Crippen molar-refractivity contribution in [1.29, 1.82) is 0 Å². The third kappa shape index (κ3) is 5.11. The zero-order valence-electron chi connectivity index (χ0n) is 12.9. The normalized spacial score (nSPS) is 25.7. The van der Waals surface area contributed by atoms with E-state index in [9.17, 15) is 4.79 Å². The van der Waals surface area contributed by atoms with E-state index in [2.05, 4.69) is 20.8 Å². The molecule has 0 saturated carbocycles. The number of carbonyl (C=O) groups excluding carboxylic acids is 1. The highest BCUT2D eigenvalue weighted by Gasteiger charge is 2.33. The SMILES string of the molecule is COC1(C)CCCN(C(=O)CC(CN)CC(C)C)C1. The van der Waals surface area contributed by atoms with Crippen molar-refractivity contribution >= 4 is 5.91 Å². The van der Waals surface area contributed by atoms with Crippen LogP contribution in [0.2, 0.25) is 0 Å². The number of piperidine rings is 1. The number of ether oxygens (including phenoxy) is 1. The van der Waals surface area contributed by atoms with Gasteiger partial charge in [0.05, 0.1) is 5.60 Å². The third-order valence-electron chi connectivity index (χ3n) is 4.11. The maximum absolute atomic E-state index is 12.4. The Labute approximate surface area is 117 Å². The number of likely N-dealkylation sites (tertiary alicyclic amines) is 1. The number of carbonyl (C=O) groups is 1. The Hall–Kier alpha value is -0.610. The third-order valence-corrected chi connectivity index (χ3v) is 4.11. The van der Waals surface area contributed by atoms with E-state index in [0.29, 0.717) is 31.3 Å². The van der Waals surface area contributed by atoms with Gasteiger partial charge < -0.3 is 15.4 Å². The second kappa shape index (κ2) is 7.25. The summed E-state index contributed by atoms with van der Waals surface area (Å²) in [6, 6.07) is 0. The zero-order valence-corrected chi connectivity index (χ0v) is 12.9. The fourth-order valence-corrected chi connectivity index (χ4v) is 2.89. The number of hydrogen-bond acceptors (Lipinski definition) is 3. The van der Waals surface area contributed by atoms with Crippen LogP contribution in [0.15, 0.2) is 0 Å². The summed E-state index contributed by atoms with van der Waals surface area (Å²) in [5.41, 5.74) is 5.61. The largest absolute Gasteiger partial charge is 0.377 e. The van der Waals surface area contributed by atoms with Crippen molar-refractivity contribution in [1.82, 2.24) is 4.90 Å². The lowest BCUT2D eigenvalue weighted by molar-refractivity contribution is -0.140. The molecule has 1 amide bonds. The molecule has 0 aliphatic carbocycles. The molecule has 1 heterocycles. The molecular weight excluding hydrogens is 240 g/mol. The van der Waals surface area contributed by atoms with Crippen molar-refractivity contribution < 1.29 is 9.53 Å². The lowest BCUT2D eigenvalue weighted by Crippen LogP contribution is -2.50. The van der Waals surface area contributed by atoms with E-state index in [0.717, 1.165) is 25.8 Å². The van der Waals surface area contributed by atoms with Gasteiger partial charge in [-0.15, -0.1) is 0 Å². The molecule has 1 rings (SSSR count). The van der Waals surface area contributed by atoms with Gasteiger partial charge in [-0.1, -0.05) is 13.8 Å². The Morgan fingerprint density at radius 3 is 2.68 bits per heavy atom. The van der Waals surface area contributed by atoms with Crippen molar-refractivity contribution in [2.75, 3.05) is 26.7 Å². The fraction of sp³-hybridized carbons (Fsp3) is 0.933. The van der Waals surface area contributed by atoms with Crippen LogP contribution in [0.5, 0.6) is 0 Å². The Balaban J connectivity index is 2.52. The number of amides is 1. The van der Waals surface area contributed by atoms with Gasteiger partial charge in [-0.25, -0.2) is 0 Å². The average molecular weight is 270 g/mol. The van der Waals surface area contributed by atoms with Crippen LogP contribution in [0.3, 0.4) is 0 Å². The molecule has 2 unspecified atom stereocenters. The summed E-state index contributed by atoms with van der Waals surface area (Å²) in [6.07, 6.45) is 3.65. The standard InChI is InChI=1S/C15H30N2O2/c1-12(2)8-13(10-16)9-14(18)17-7-5-6-15(3,11-17)19-4/h12-13H,5-11,16H2,1-4H3. The molecule has 1 aliphatic rings. The minimum Gasteiger partial charge on any atom is -0.377 e. The summed E-state index contributed by atoms with van der Waals surface area (Å²) >= 11 is 0. The molecule has 0 aromatic carbocycles. The highest BCUT2D eigenvalue weighted by Crippen LogP contribution is 2.25. The van der Waals surface area contributed by atoms with E-state index < -0.39 is 0 Å². The quantitative estimate of drug-likeness (QED) is 0.803. The predicted molar refractivity (Wildman–Crippen MR) is 77.8 cm³/mol. The molecule has 19 heavy (non-hydrogen) atoms. The van der Waals surface area contributed by atoms with Gasteiger partial charge in [0.1, 0.15) is 0 Å². The molecule has 4 heteroatoms. The molecule has 1 fully saturated rings. The molecule has 2 N–H and O–H groups in total. The number of methoxy groups -OCH3 is 1. The van der Waals surface area contributed by atoms with Crippen LogP contribution in [0, 0.1) is 11.8 Å². The summed E-state index contributed by atoms with van der Waals surface area (Å²) in [5.74, 6) is 1.13. The van der Waals surface area contributed by atoms with E-state index in [1.807, 2.05) is 4.90 Å². The molecule has 2 atom stereocenters. The Kier molecular flexibility index (Phi) is 6.27.